The summed E-state index contributed by atoms with van der Waals surface area (Å²) in [4.78, 5) is 15.8. The number of hydrogen-bond acceptors (Lipinski definition) is 4. The van der Waals surface area contributed by atoms with Gasteiger partial charge in [-0.1, -0.05) is 5.16 Å². The van der Waals surface area contributed by atoms with Crippen molar-refractivity contribution in [2.24, 2.45) is 0 Å². The average molecular weight is 328 g/mol. The third-order valence-electron chi connectivity index (χ3n) is 2.39. The van der Waals surface area contributed by atoms with Gasteiger partial charge in [-0.15, -0.1) is 0 Å². The molecule has 2 rings (SSSR count). The van der Waals surface area contributed by atoms with E-state index in [1.807, 2.05) is 0 Å². The summed E-state index contributed by atoms with van der Waals surface area (Å²) in [6.07, 6.45) is 0.478. The van der Waals surface area contributed by atoms with Crippen LogP contribution in [-0.2, 0) is 6.42 Å². The minimum Gasteiger partial charge on any atom is -0.352 e. The predicted octanol–water partition coefficient (Wildman–Crippen LogP) is 2.25. The van der Waals surface area contributed by atoms with E-state index >= 15 is 0 Å². The highest BCUT2D eigenvalue weighted by molar-refractivity contribution is 9.10. The number of halogens is 2. The maximum absolute atomic E-state index is 13.0. The van der Waals surface area contributed by atoms with Crippen LogP contribution in [-0.4, -0.2) is 22.6 Å². The Morgan fingerprint density at radius 3 is 2.95 bits per heavy atom. The van der Waals surface area contributed by atoms with Crippen molar-refractivity contribution < 1.29 is 13.7 Å². The molecule has 0 saturated carbocycles. The van der Waals surface area contributed by atoms with Gasteiger partial charge in [-0.25, -0.2) is 4.39 Å². The Morgan fingerprint density at radius 1 is 1.53 bits per heavy atom. The lowest BCUT2D eigenvalue weighted by atomic mass is 10.2. The second-order valence-corrected chi connectivity index (χ2v) is 4.72. The highest BCUT2D eigenvalue weighted by Gasteiger charge is 2.09. The normalized spacial score (nSPS) is 10.5. The number of aromatic nitrogens is 2. The van der Waals surface area contributed by atoms with E-state index in [9.17, 15) is 9.18 Å². The van der Waals surface area contributed by atoms with Gasteiger partial charge in [0, 0.05) is 25.5 Å². The number of rotatable bonds is 4. The fourth-order valence-corrected chi connectivity index (χ4v) is 1.85. The fraction of sp³-hybridized carbons (Fsp3) is 0.250. The molecule has 0 unspecified atom stereocenters. The summed E-state index contributed by atoms with van der Waals surface area (Å²) < 4.78 is 18.1. The van der Waals surface area contributed by atoms with Gasteiger partial charge in [-0.3, -0.25) is 4.79 Å². The van der Waals surface area contributed by atoms with Gasteiger partial charge in [-0.2, -0.15) is 4.98 Å². The summed E-state index contributed by atoms with van der Waals surface area (Å²) in [6.45, 7) is 2.08. The molecule has 7 heteroatoms. The minimum absolute atomic E-state index is 0.258. The van der Waals surface area contributed by atoms with Crippen molar-refractivity contribution in [3.8, 4) is 0 Å². The van der Waals surface area contributed by atoms with Crippen LogP contribution in [0.25, 0.3) is 0 Å². The first-order valence-electron chi connectivity index (χ1n) is 5.58. The Kier molecular flexibility index (Phi) is 4.26. The van der Waals surface area contributed by atoms with Crippen molar-refractivity contribution in [1.82, 2.24) is 15.5 Å². The molecule has 0 aliphatic rings. The smallest absolute Gasteiger partial charge is 0.251 e. The first-order valence-corrected chi connectivity index (χ1v) is 6.38. The summed E-state index contributed by atoms with van der Waals surface area (Å²) >= 11 is 3.03. The molecule has 1 heterocycles. The highest BCUT2D eigenvalue weighted by Crippen LogP contribution is 2.16. The molecule has 100 valence electrons. The van der Waals surface area contributed by atoms with E-state index in [1.165, 1.54) is 18.2 Å². The standard InChI is InChI=1S/C12H11BrFN3O2/c1-7-16-11(17-19-7)4-5-15-12(18)8-2-3-10(14)9(13)6-8/h2-3,6H,4-5H2,1H3,(H,15,18). The van der Waals surface area contributed by atoms with Crippen LogP contribution in [0, 0.1) is 12.7 Å². The molecular weight excluding hydrogens is 317 g/mol. The van der Waals surface area contributed by atoms with E-state index in [1.54, 1.807) is 6.92 Å². The molecule has 0 radical (unpaired) electrons. The van der Waals surface area contributed by atoms with Gasteiger partial charge in [0.2, 0.25) is 5.89 Å². The molecule has 1 amide bonds. The molecule has 0 atom stereocenters. The number of amides is 1. The predicted molar refractivity (Wildman–Crippen MR) is 69.2 cm³/mol. The van der Waals surface area contributed by atoms with Crippen LogP contribution in [0.15, 0.2) is 27.2 Å². The maximum Gasteiger partial charge on any atom is 0.251 e. The SMILES string of the molecule is Cc1nc(CCNC(=O)c2ccc(F)c(Br)c2)no1. The lowest BCUT2D eigenvalue weighted by Gasteiger charge is -2.04. The molecule has 1 N–H and O–H groups in total. The van der Waals surface area contributed by atoms with Gasteiger partial charge in [0.05, 0.1) is 4.47 Å². The molecule has 0 fully saturated rings. The Morgan fingerprint density at radius 2 is 2.32 bits per heavy atom. The van der Waals surface area contributed by atoms with Gasteiger partial charge in [0.25, 0.3) is 5.91 Å². The molecule has 0 aliphatic heterocycles. The van der Waals surface area contributed by atoms with E-state index in [0.29, 0.717) is 30.2 Å². The zero-order valence-corrected chi connectivity index (χ0v) is 11.7. The highest BCUT2D eigenvalue weighted by atomic mass is 79.9. The fourth-order valence-electron chi connectivity index (χ4n) is 1.47. The molecule has 0 saturated heterocycles. The molecule has 2 aromatic rings. The van der Waals surface area contributed by atoms with Crippen LogP contribution in [0.1, 0.15) is 22.1 Å². The van der Waals surface area contributed by atoms with Crippen molar-refractivity contribution >= 4 is 21.8 Å². The third-order valence-corrected chi connectivity index (χ3v) is 2.99. The quantitative estimate of drug-likeness (QED) is 0.935. The number of aryl methyl sites for hydroxylation is 1. The Balaban J connectivity index is 1.89. The van der Waals surface area contributed by atoms with Crippen molar-refractivity contribution in [3.63, 3.8) is 0 Å². The van der Waals surface area contributed by atoms with E-state index in [2.05, 4.69) is 31.4 Å². The van der Waals surface area contributed by atoms with Gasteiger partial charge >= 0.3 is 0 Å². The Labute approximate surface area is 117 Å². The number of nitrogens with one attached hydrogen (secondary N) is 1. The van der Waals surface area contributed by atoms with E-state index in [-0.39, 0.29) is 10.4 Å². The summed E-state index contributed by atoms with van der Waals surface area (Å²) in [5.41, 5.74) is 0.387. The number of carbonyl (C=O) groups excluding carboxylic acids is 1. The lowest BCUT2D eigenvalue weighted by Crippen LogP contribution is -2.26. The van der Waals surface area contributed by atoms with Gasteiger partial charge in [0.1, 0.15) is 5.82 Å². The van der Waals surface area contributed by atoms with Crippen molar-refractivity contribution in [2.75, 3.05) is 6.54 Å². The monoisotopic (exact) mass is 327 g/mol. The summed E-state index contributed by atoms with van der Waals surface area (Å²) in [6, 6.07) is 4.10. The average Bonchev–Trinajstić information content (AvgIpc) is 2.78. The largest absolute Gasteiger partial charge is 0.352 e. The van der Waals surface area contributed by atoms with Crippen molar-refractivity contribution in [2.45, 2.75) is 13.3 Å². The Hall–Kier alpha value is -1.76. The number of benzene rings is 1. The van der Waals surface area contributed by atoms with Crippen molar-refractivity contribution in [1.29, 1.82) is 0 Å². The first-order chi connectivity index (χ1) is 9.06. The van der Waals surface area contributed by atoms with Crippen LogP contribution < -0.4 is 5.32 Å². The summed E-state index contributed by atoms with van der Waals surface area (Å²) in [5, 5.41) is 6.42. The zero-order chi connectivity index (χ0) is 13.8. The topological polar surface area (TPSA) is 68.0 Å². The van der Waals surface area contributed by atoms with Crippen LogP contribution in [0.3, 0.4) is 0 Å². The number of hydrogen-bond donors (Lipinski definition) is 1. The van der Waals surface area contributed by atoms with Crippen LogP contribution >= 0.6 is 15.9 Å². The third kappa shape index (κ3) is 3.60. The van der Waals surface area contributed by atoms with Gasteiger partial charge in [0.15, 0.2) is 5.82 Å². The van der Waals surface area contributed by atoms with Crippen LogP contribution in [0.5, 0.6) is 0 Å². The minimum atomic E-state index is -0.404. The molecule has 1 aromatic carbocycles. The Bertz CT molecular complexity index is 600. The van der Waals surface area contributed by atoms with E-state index < -0.39 is 5.82 Å². The van der Waals surface area contributed by atoms with Gasteiger partial charge in [-0.05, 0) is 34.1 Å². The molecular formula is C12H11BrFN3O2. The van der Waals surface area contributed by atoms with Crippen molar-refractivity contribution in [3.05, 3.63) is 45.8 Å². The molecule has 5 nitrogen and oxygen atoms in total. The molecule has 19 heavy (non-hydrogen) atoms. The second-order valence-electron chi connectivity index (χ2n) is 3.86. The summed E-state index contributed by atoms with van der Waals surface area (Å²) in [5.74, 6) is 0.349. The lowest BCUT2D eigenvalue weighted by molar-refractivity contribution is 0.0954. The van der Waals surface area contributed by atoms with Gasteiger partial charge < -0.3 is 9.84 Å². The maximum atomic E-state index is 13.0. The van der Waals surface area contributed by atoms with Crippen LogP contribution in [0.4, 0.5) is 4.39 Å². The zero-order valence-electron chi connectivity index (χ0n) is 10.1. The summed E-state index contributed by atoms with van der Waals surface area (Å²) in [7, 11) is 0. The molecule has 0 spiro atoms. The van der Waals surface area contributed by atoms with E-state index in [0.717, 1.165) is 0 Å². The molecule has 0 bridgehead atoms. The number of carbonyl (C=O) groups is 1. The van der Waals surface area contributed by atoms with E-state index in [4.69, 9.17) is 4.52 Å². The first kappa shape index (κ1) is 13.7. The molecule has 1 aromatic heterocycles. The second kappa shape index (κ2) is 5.92. The number of nitrogens with zero attached hydrogens (tertiary/aromatic N) is 2. The van der Waals surface area contributed by atoms with Crippen LogP contribution in [0.2, 0.25) is 0 Å². The molecule has 0 aliphatic carbocycles.